The van der Waals surface area contributed by atoms with Crippen LogP contribution in [0.5, 0.6) is 0 Å². The van der Waals surface area contributed by atoms with Gasteiger partial charge in [-0.3, -0.25) is 0 Å². The zero-order valence-corrected chi connectivity index (χ0v) is 24.6. The van der Waals surface area contributed by atoms with Crippen LogP contribution in [-0.2, 0) is 12.8 Å². The number of rotatable bonds is 10. The molecule has 0 heterocycles. The largest absolute Gasteiger partial charge is 0.310 e. The van der Waals surface area contributed by atoms with Gasteiger partial charge in [0.15, 0.2) is 0 Å². The fourth-order valence-electron chi connectivity index (χ4n) is 5.99. The predicted octanol–water partition coefficient (Wildman–Crippen LogP) is 11.7. The molecule has 0 aliphatic carbocycles. The first-order valence-electron chi connectivity index (χ1n) is 15.2. The van der Waals surface area contributed by atoms with Crippen molar-refractivity contribution < 1.29 is 0 Å². The average molecular weight is 547 g/mol. The van der Waals surface area contributed by atoms with E-state index < -0.39 is 0 Å². The number of nitrogens with zero attached hydrogens (tertiary/aromatic N) is 2. The summed E-state index contributed by atoms with van der Waals surface area (Å²) in [5.41, 5.74) is 9.85. The van der Waals surface area contributed by atoms with Gasteiger partial charge in [-0.1, -0.05) is 99.5 Å². The molecule has 0 aliphatic heterocycles. The van der Waals surface area contributed by atoms with Crippen molar-refractivity contribution in [3.63, 3.8) is 0 Å². The summed E-state index contributed by atoms with van der Waals surface area (Å²) in [7, 11) is 0. The molecule has 0 saturated heterocycles. The lowest BCUT2D eigenvalue weighted by Gasteiger charge is -2.29. The SMILES string of the molecule is CCCc1cc(N(c2ccccc2)c2ccccc2)cc2c(CCC)cc(N(c3ccccc3)c3ccccc3)cc12. The monoisotopic (exact) mass is 546 g/mol. The van der Waals surface area contributed by atoms with Crippen molar-refractivity contribution in [2.24, 2.45) is 0 Å². The third-order valence-corrected chi connectivity index (χ3v) is 7.82. The van der Waals surface area contributed by atoms with Crippen LogP contribution >= 0.6 is 0 Å². The minimum absolute atomic E-state index is 1.02. The third-order valence-electron chi connectivity index (χ3n) is 7.82. The Bertz CT molecular complexity index is 1520. The molecular formula is C40H38N2. The van der Waals surface area contributed by atoms with Crippen LogP contribution < -0.4 is 9.80 Å². The zero-order chi connectivity index (χ0) is 28.7. The fraction of sp³-hybridized carbons (Fsp3) is 0.150. The van der Waals surface area contributed by atoms with Gasteiger partial charge < -0.3 is 9.80 Å². The quantitative estimate of drug-likeness (QED) is 0.169. The minimum Gasteiger partial charge on any atom is -0.310 e. The highest BCUT2D eigenvalue weighted by molar-refractivity contribution is 5.97. The number of para-hydroxylation sites is 4. The summed E-state index contributed by atoms with van der Waals surface area (Å²) in [6.07, 6.45) is 4.22. The molecule has 0 saturated carbocycles. The predicted molar refractivity (Wildman–Crippen MR) is 181 cm³/mol. The normalized spacial score (nSPS) is 11.0. The Labute approximate surface area is 250 Å². The minimum atomic E-state index is 1.02. The highest BCUT2D eigenvalue weighted by Gasteiger charge is 2.19. The lowest BCUT2D eigenvalue weighted by atomic mass is 9.93. The second-order valence-corrected chi connectivity index (χ2v) is 10.8. The molecule has 208 valence electrons. The van der Waals surface area contributed by atoms with Crippen molar-refractivity contribution in [1.29, 1.82) is 0 Å². The number of hydrogen-bond acceptors (Lipinski definition) is 2. The van der Waals surface area contributed by atoms with Crippen LogP contribution in [0, 0.1) is 0 Å². The summed E-state index contributed by atoms with van der Waals surface area (Å²) >= 11 is 0. The van der Waals surface area contributed by atoms with Crippen molar-refractivity contribution in [3.8, 4) is 0 Å². The molecule has 42 heavy (non-hydrogen) atoms. The molecule has 0 atom stereocenters. The molecule has 0 radical (unpaired) electrons. The van der Waals surface area contributed by atoms with E-state index in [4.69, 9.17) is 0 Å². The Balaban J connectivity index is 1.60. The van der Waals surface area contributed by atoms with Gasteiger partial charge in [-0.2, -0.15) is 0 Å². The van der Waals surface area contributed by atoms with Crippen molar-refractivity contribution in [2.45, 2.75) is 39.5 Å². The molecule has 0 bridgehead atoms. The highest BCUT2D eigenvalue weighted by Crippen LogP contribution is 2.42. The summed E-state index contributed by atoms with van der Waals surface area (Å²) in [5, 5.41) is 2.69. The van der Waals surface area contributed by atoms with Gasteiger partial charge in [-0.05, 0) is 108 Å². The topological polar surface area (TPSA) is 6.48 Å². The van der Waals surface area contributed by atoms with Crippen LogP contribution in [0.3, 0.4) is 0 Å². The summed E-state index contributed by atoms with van der Waals surface area (Å²) in [6.45, 7) is 4.56. The van der Waals surface area contributed by atoms with E-state index in [1.807, 2.05) is 0 Å². The molecule has 0 unspecified atom stereocenters. The number of benzene rings is 6. The van der Waals surface area contributed by atoms with E-state index >= 15 is 0 Å². The summed E-state index contributed by atoms with van der Waals surface area (Å²) in [6, 6.07) is 52.6. The van der Waals surface area contributed by atoms with Crippen LogP contribution in [-0.4, -0.2) is 0 Å². The summed E-state index contributed by atoms with van der Waals surface area (Å²) in [4.78, 5) is 4.78. The molecule has 6 aromatic rings. The number of aryl methyl sites for hydroxylation is 2. The van der Waals surface area contributed by atoms with Crippen LogP contribution in [0.1, 0.15) is 37.8 Å². The van der Waals surface area contributed by atoms with E-state index in [2.05, 4.69) is 169 Å². The van der Waals surface area contributed by atoms with Crippen LogP contribution in [0.15, 0.2) is 146 Å². The maximum atomic E-state index is 2.42. The molecule has 2 heteroatoms. The van der Waals surface area contributed by atoms with Crippen molar-refractivity contribution in [3.05, 3.63) is 157 Å². The van der Waals surface area contributed by atoms with Crippen LogP contribution in [0.4, 0.5) is 34.1 Å². The molecular weight excluding hydrogens is 508 g/mol. The standard InChI is InChI=1S/C40H38N2/c1-3-17-31-27-37(41(33-19-9-5-10-20-33)34-21-11-6-12-22-34)30-40-32(18-4-2)28-38(29-39(31)40)42(35-23-13-7-14-24-35)36-25-15-8-16-26-36/h5-16,19-30H,3-4,17-18H2,1-2H3. The van der Waals surface area contributed by atoms with Crippen LogP contribution in [0.2, 0.25) is 0 Å². The van der Waals surface area contributed by atoms with Crippen molar-refractivity contribution >= 4 is 44.9 Å². The molecule has 0 amide bonds. The van der Waals surface area contributed by atoms with Gasteiger partial charge in [0.25, 0.3) is 0 Å². The van der Waals surface area contributed by atoms with Gasteiger partial charge >= 0.3 is 0 Å². The van der Waals surface area contributed by atoms with Crippen molar-refractivity contribution in [1.82, 2.24) is 0 Å². The summed E-state index contributed by atoms with van der Waals surface area (Å²) < 4.78 is 0. The molecule has 6 aromatic carbocycles. The first kappa shape index (κ1) is 27.4. The second-order valence-electron chi connectivity index (χ2n) is 10.8. The van der Waals surface area contributed by atoms with Crippen molar-refractivity contribution in [2.75, 3.05) is 9.80 Å². The Morgan fingerprint density at radius 3 is 0.905 bits per heavy atom. The van der Waals surface area contributed by atoms with Gasteiger partial charge in [0.05, 0.1) is 0 Å². The molecule has 0 spiro atoms. The smallest absolute Gasteiger partial charge is 0.0470 e. The van der Waals surface area contributed by atoms with E-state index in [9.17, 15) is 0 Å². The molecule has 2 nitrogen and oxygen atoms in total. The maximum Gasteiger partial charge on any atom is 0.0470 e. The Morgan fingerprint density at radius 2 is 0.643 bits per heavy atom. The van der Waals surface area contributed by atoms with Gasteiger partial charge in [-0.25, -0.2) is 0 Å². The first-order valence-corrected chi connectivity index (χ1v) is 15.2. The van der Waals surface area contributed by atoms with Crippen LogP contribution in [0.25, 0.3) is 10.8 Å². The van der Waals surface area contributed by atoms with Gasteiger partial charge in [-0.15, -0.1) is 0 Å². The molecule has 0 aliphatic rings. The van der Waals surface area contributed by atoms with Gasteiger partial charge in [0, 0.05) is 34.1 Å². The average Bonchev–Trinajstić information content (AvgIpc) is 3.04. The van der Waals surface area contributed by atoms with E-state index in [0.29, 0.717) is 0 Å². The van der Waals surface area contributed by atoms with Gasteiger partial charge in [0.2, 0.25) is 0 Å². The third kappa shape index (κ3) is 5.66. The molecule has 0 N–H and O–H groups in total. The number of hydrogen-bond donors (Lipinski definition) is 0. The number of fused-ring (bicyclic) bond motifs is 1. The zero-order valence-electron chi connectivity index (χ0n) is 24.6. The molecule has 0 aromatic heterocycles. The Kier molecular flexibility index (Phi) is 8.33. The van der Waals surface area contributed by atoms with E-state index in [-0.39, 0.29) is 0 Å². The molecule has 6 rings (SSSR count). The second kappa shape index (κ2) is 12.8. The lowest BCUT2D eigenvalue weighted by molar-refractivity contribution is 0.922. The van der Waals surface area contributed by atoms with E-state index in [1.54, 1.807) is 0 Å². The Hall–Kier alpha value is -4.82. The summed E-state index contributed by atoms with van der Waals surface area (Å²) in [5.74, 6) is 0. The van der Waals surface area contributed by atoms with E-state index in [0.717, 1.165) is 25.7 Å². The number of anilines is 6. The van der Waals surface area contributed by atoms with E-state index in [1.165, 1.54) is 56.0 Å². The highest BCUT2D eigenvalue weighted by atomic mass is 15.1. The Morgan fingerprint density at radius 1 is 0.357 bits per heavy atom. The van der Waals surface area contributed by atoms with Gasteiger partial charge in [0.1, 0.15) is 0 Å². The molecule has 0 fully saturated rings. The fourth-order valence-corrected chi connectivity index (χ4v) is 5.99. The maximum absolute atomic E-state index is 2.42. The lowest BCUT2D eigenvalue weighted by Crippen LogP contribution is -2.12. The first-order chi connectivity index (χ1) is 20.8.